The first-order chi connectivity index (χ1) is 4.63. The number of thiol groups is 1. The van der Waals surface area contributed by atoms with Gasteiger partial charge >= 0.3 is 0 Å². The Morgan fingerprint density at radius 3 is 2.00 bits per heavy atom. The maximum absolute atomic E-state index is 10.8. The fourth-order valence-electron chi connectivity index (χ4n) is 0.780. The fourth-order valence-corrected chi connectivity index (χ4v) is 1.01. The van der Waals surface area contributed by atoms with Crippen LogP contribution < -0.4 is 0 Å². The highest BCUT2D eigenvalue weighted by atomic mass is 32.1. The molecule has 1 heterocycles. The third-order valence-electron chi connectivity index (χ3n) is 1.22. The van der Waals surface area contributed by atoms with Crippen LogP contribution in [0.25, 0.3) is 0 Å². The zero-order valence-electron chi connectivity index (χ0n) is 5.44. The van der Waals surface area contributed by atoms with E-state index in [1.54, 1.807) is 6.92 Å². The van der Waals surface area contributed by atoms with Crippen LogP contribution in [0.15, 0.2) is 12.2 Å². The molecule has 0 spiro atoms. The smallest absolute Gasteiger partial charge is 0.254 e. The first kappa shape index (κ1) is 7.34. The van der Waals surface area contributed by atoms with E-state index in [9.17, 15) is 9.59 Å². The molecule has 1 rings (SSSR count). The summed E-state index contributed by atoms with van der Waals surface area (Å²) in [5.74, 6) is -0.569. The van der Waals surface area contributed by atoms with Gasteiger partial charge < -0.3 is 0 Å². The second kappa shape index (κ2) is 2.46. The Bertz CT molecular complexity index is 192. The van der Waals surface area contributed by atoms with Crippen LogP contribution in [0, 0.1) is 0 Å². The molecule has 0 saturated carbocycles. The van der Waals surface area contributed by atoms with Crippen LogP contribution >= 0.6 is 12.6 Å². The second-order valence-electron chi connectivity index (χ2n) is 2.01. The van der Waals surface area contributed by atoms with Crippen molar-refractivity contribution in [1.82, 2.24) is 4.90 Å². The van der Waals surface area contributed by atoms with E-state index in [1.165, 1.54) is 12.2 Å². The van der Waals surface area contributed by atoms with Gasteiger partial charge in [0.15, 0.2) is 0 Å². The van der Waals surface area contributed by atoms with Crippen molar-refractivity contribution in [1.29, 1.82) is 0 Å². The molecule has 0 fully saturated rings. The summed E-state index contributed by atoms with van der Waals surface area (Å²) in [7, 11) is 0. The summed E-state index contributed by atoms with van der Waals surface area (Å²) in [4.78, 5) is 22.7. The van der Waals surface area contributed by atoms with Gasteiger partial charge in [0.2, 0.25) is 0 Å². The number of rotatable bonds is 1. The molecule has 0 N–H and O–H groups in total. The summed E-state index contributed by atoms with van der Waals surface area (Å²) in [5, 5.41) is -0.338. The molecule has 10 heavy (non-hydrogen) atoms. The summed E-state index contributed by atoms with van der Waals surface area (Å²) in [5.41, 5.74) is 0. The van der Waals surface area contributed by atoms with Crippen molar-refractivity contribution in [3.05, 3.63) is 12.2 Å². The summed E-state index contributed by atoms with van der Waals surface area (Å²) in [6.07, 6.45) is 2.49. The van der Waals surface area contributed by atoms with Gasteiger partial charge in [-0.3, -0.25) is 14.5 Å². The number of hydrogen-bond acceptors (Lipinski definition) is 3. The minimum absolute atomic E-state index is 0.285. The summed E-state index contributed by atoms with van der Waals surface area (Å²) < 4.78 is 0. The van der Waals surface area contributed by atoms with E-state index in [1.807, 2.05) is 0 Å². The van der Waals surface area contributed by atoms with E-state index in [0.717, 1.165) is 4.90 Å². The molecular weight excluding hydrogens is 150 g/mol. The van der Waals surface area contributed by atoms with Gasteiger partial charge in [-0.25, -0.2) is 0 Å². The molecule has 0 aromatic rings. The Labute approximate surface area is 64.1 Å². The van der Waals surface area contributed by atoms with E-state index in [0.29, 0.717) is 0 Å². The molecule has 0 saturated heterocycles. The minimum atomic E-state index is -0.338. The van der Waals surface area contributed by atoms with Gasteiger partial charge in [0.05, 0.1) is 5.37 Å². The third kappa shape index (κ3) is 1.07. The molecule has 0 radical (unpaired) electrons. The third-order valence-corrected chi connectivity index (χ3v) is 1.45. The first-order valence-corrected chi connectivity index (χ1v) is 3.38. The first-order valence-electron chi connectivity index (χ1n) is 2.86. The molecule has 0 aromatic carbocycles. The molecule has 1 atom stereocenters. The Balaban J connectivity index is 2.79. The summed E-state index contributed by atoms with van der Waals surface area (Å²) in [6, 6.07) is 0. The highest BCUT2D eigenvalue weighted by Gasteiger charge is 2.25. The van der Waals surface area contributed by atoms with Crippen molar-refractivity contribution in [3.63, 3.8) is 0 Å². The van der Waals surface area contributed by atoms with Crippen LogP contribution in [0.3, 0.4) is 0 Å². The van der Waals surface area contributed by atoms with E-state index < -0.39 is 0 Å². The van der Waals surface area contributed by atoms with Crippen LogP contribution in [-0.2, 0) is 9.59 Å². The number of imide groups is 1. The molecule has 0 aromatic heterocycles. The zero-order chi connectivity index (χ0) is 7.72. The van der Waals surface area contributed by atoms with Gasteiger partial charge in [0.1, 0.15) is 0 Å². The van der Waals surface area contributed by atoms with Crippen molar-refractivity contribution >= 4 is 24.4 Å². The van der Waals surface area contributed by atoms with E-state index >= 15 is 0 Å². The molecule has 4 heteroatoms. The number of hydrogen-bond donors (Lipinski definition) is 1. The van der Waals surface area contributed by atoms with Crippen LogP contribution in [0.1, 0.15) is 6.92 Å². The van der Waals surface area contributed by atoms with Gasteiger partial charge in [-0.05, 0) is 6.92 Å². The molecule has 0 aliphatic carbocycles. The van der Waals surface area contributed by atoms with E-state index in [-0.39, 0.29) is 17.2 Å². The fraction of sp³-hybridized carbons (Fsp3) is 0.333. The number of carbonyl (C=O) groups is 2. The summed E-state index contributed by atoms with van der Waals surface area (Å²) in [6.45, 7) is 1.67. The molecule has 3 nitrogen and oxygen atoms in total. The van der Waals surface area contributed by atoms with Gasteiger partial charge in [-0.15, -0.1) is 0 Å². The van der Waals surface area contributed by atoms with Gasteiger partial charge in [0.25, 0.3) is 11.8 Å². The average molecular weight is 157 g/mol. The molecule has 54 valence electrons. The van der Waals surface area contributed by atoms with Gasteiger partial charge in [-0.2, -0.15) is 12.6 Å². The lowest BCUT2D eigenvalue weighted by Crippen LogP contribution is -2.34. The molecule has 1 aliphatic rings. The van der Waals surface area contributed by atoms with Crippen LogP contribution in [0.4, 0.5) is 0 Å². The normalized spacial score (nSPS) is 20.4. The highest BCUT2D eigenvalue weighted by Crippen LogP contribution is 2.10. The molecular formula is C6H7NO2S. The molecule has 1 unspecified atom stereocenters. The second-order valence-corrected chi connectivity index (χ2v) is 2.76. The monoisotopic (exact) mass is 157 g/mol. The van der Waals surface area contributed by atoms with Crippen molar-refractivity contribution in [2.24, 2.45) is 0 Å². The molecule has 0 bridgehead atoms. The van der Waals surface area contributed by atoms with E-state index in [4.69, 9.17) is 0 Å². The lowest BCUT2D eigenvalue weighted by molar-refractivity contribution is -0.137. The van der Waals surface area contributed by atoms with Crippen LogP contribution in [-0.4, -0.2) is 22.1 Å². The van der Waals surface area contributed by atoms with E-state index in [2.05, 4.69) is 12.6 Å². The number of nitrogens with zero attached hydrogens (tertiary/aromatic N) is 1. The van der Waals surface area contributed by atoms with Crippen molar-refractivity contribution in [3.8, 4) is 0 Å². The molecule has 2 amide bonds. The highest BCUT2D eigenvalue weighted by molar-refractivity contribution is 7.80. The van der Waals surface area contributed by atoms with Crippen LogP contribution in [0.2, 0.25) is 0 Å². The SMILES string of the molecule is CC(S)N1C(=O)C=CC1=O. The largest absolute Gasteiger partial charge is 0.269 e. The van der Waals surface area contributed by atoms with Crippen molar-refractivity contribution in [2.45, 2.75) is 12.3 Å². The maximum atomic E-state index is 10.8. The minimum Gasteiger partial charge on any atom is -0.269 e. The van der Waals surface area contributed by atoms with Crippen molar-refractivity contribution in [2.75, 3.05) is 0 Å². The lowest BCUT2D eigenvalue weighted by Gasteiger charge is -2.16. The van der Waals surface area contributed by atoms with Crippen molar-refractivity contribution < 1.29 is 9.59 Å². The van der Waals surface area contributed by atoms with Crippen LogP contribution in [0.5, 0.6) is 0 Å². The Kier molecular flexibility index (Phi) is 1.80. The maximum Gasteiger partial charge on any atom is 0.254 e. The zero-order valence-corrected chi connectivity index (χ0v) is 6.34. The number of amides is 2. The lowest BCUT2D eigenvalue weighted by atomic mass is 10.5. The standard InChI is InChI=1S/C6H7NO2S/c1-4(10)7-5(8)2-3-6(7)9/h2-4,10H,1H3. The predicted molar refractivity (Wildman–Crippen MR) is 39.4 cm³/mol. The average Bonchev–Trinajstić information content (AvgIpc) is 2.11. The topological polar surface area (TPSA) is 37.4 Å². The quantitative estimate of drug-likeness (QED) is 0.435. The molecule has 1 aliphatic heterocycles. The Hall–Kier alpha value is -0.770. The van der Waals surface area contributed by atoms with Gasteiger partial charge in [0, 0.05) is 12.2 Å². The summed E-state index contributed by atoms with van der Waals surface area (Å²) >= 11 is 3.96. The Morgan fingerprint density at radius 1 is 1.40 bits per heavy atom. The number of carbonyl (C=O) groups excluding carboxylic acids is 2. The Morgan fingerprint density at radius 2 is 1.80 bits per heavy atom. The van der Waals surface area contributed by atoms with Gasteiger partial charge in [-0.1, -0.05) is 0 Å². The predicted octanol–water partition coefficient (Wildman–Crippen LogP) is 0.187.